The predicted octanol–water partition coefficient (Wildman–Crippen LogP) is 5.40. The van der Waals surface area contributed by atoms with Crippen molar-refractivity contribution in [3.8, 4) is 6.07 Å². The summed E-state index contributed by atoms with van der Waals surface area (Å²) in [6.45, 7) is 0. The third-order valence-electron chi connectivity index (χ3n) is 3.16. The van der Waals surface area contributed by atoms with Crippen LogP contribution in [0.3, 0.4) is 0 Å². The van der Waals surface area contributed by atoms with Gasteiger partial charge in [-0.1, -0.05) is 30.3 Å². The van der Waals surface area contributed by atoms with Gasteiger partial charge in [-0.25, -0.2) is 0 Å². The van der Waals surface area contributed by atoms with Gasteiger partial charge in [0.2, 0.25) is 0 Å². The molecular formula is C16H10F6N2. The fourth-order valence-electron chi connectivity index (χ4n) is 2.04. The molecule has 2 nitrogen and oxygen atoms in total. The molecular weight excluding hydrogens is 334 g/mol. The minimum absolute atomic E-state index is 0.0368. The third kappa shape index (κ3) is 4.19. The maximum absolute atomic E-state index is 12.8. The summed E-state index contributed by atoms with van der Waals surface area (Å²) < 4.78 is 76.9. The van der Waals surface area contributed by atoms with E-state index < -0.39 is 35.2 Å². The van der Waals surface area contributed by atoms with Crippen LogP contribution in [0.5, 0.6) is 0 Å². The second kappa shape index (κ2) is 6.43. The third-order valence-corrected chi connectivity index (χ3v) is 3.16. The van der Waals surface area contributed by atoms with Crippen LogP contribution in [0, 0.1) is 11.3 Å². The molecule has 0 saturated carbocycles. The number of nitriles is 1. The maximum atomic E-state index is 12.8. The maximum Gasteiger partial charge on any atom is 0.416 e. The van der Waals surface area contributed by atoms with Crippen LogP contribution in [0.1, 0.15) is 22.7 Å². The van der Waals surface area contributed by atoms with Gasteiger partial charge in [0.25, 0.3) is 0 Å². The number of benzene rings is 2. The smallest absolute Gasteiger partial charge is 0.366 e. The molecule has 2 aromatic rings. The zero-order valence-electron chi connectivity index (χ0n) is 11.9. The van der Waals surface area contributed by atoms with Gasteiger partial charge in [0.1, 0.15) is 6.04 Å². The van der Waals surface area contributed by atoms with E-state index in [9.17, 15) is 26.3 Å². The Balaban J connectivity index is 2.44. The van der Waals surface area contributed by atoms with E-state index in [4.69, 9.17) is 5.26 Å². The first-order chi connectivity index (χ1) is 11.1. The van der Waals surface area contributed by atoms with Gasteiger partial charge in [-0.05, 0) is 23.8 Å². The molecule has 8 heteroatoms. The molecule has 0 fully saturated rings. The highest BCUT2D eigenvalue weighted by atomic mass is 19.4. The van der Waals surface area contributed by atoms with Crippen LogP contribution in [0.4, 0.5) is 32.0 Å². The first-order valence-corrected chi connectivity index (χ1v) is 6.62. The topological polar surface area (TPSA) is 35.8 Å². The molecule has 1 N–H and O–H groups in total. The standard InChI is InChI=1S/C16H10F6N2/c17-15(18,19)11-6-12(16(20,21)22)8-13(7-11)24-14(9-23)10-4-2-1-3-5-10/h1-8,14,24H/t14-/m0/s1. The van der Waals surface area contributed by atoms with Crippen LogP contribution in [0.25, 0.3) is 0 Å². The molecule has 2 aromatic carbocycles. The summed E-state index contributed by atoms with van der Waals surface area (Å²) in [5, 5.41) is 11.6. The molecule has 0 aromatic heterocycles. The van der Waals surface area contributed by atoms with Crippen molar-refractivity contribution in [3.63, 3.8) is 0 Å². The first-order valence-electron chi connectivity index (χ1n) is 6.62. The fourth-order valence-corrected chi connectivity index (χ4v) is 2.04. The molecule has 0 aliphatic carbocycles. The Morgan fingerprint density at radius 2 is 1.33 bits per heavy atom. The van der Waals surface area contributed by atoms with Crippen LogP contribution in [-0.2, 0) is 12.4 Å². The molecule has 0 heterocycles. The molecule has 0 unspecified atom stereocenters. The number of anilines is 1. The van der Waals surface area contributed by atoms with Crippen molar-refractivity contribution < 1.29 is 26.3 Å². The zero-order chi connectivity index (χ0) is 18.0. The molecule has 24 heavy (non-hydrogen) atoms. The molecule has 0 bridgehead atoms. The van der Waals surface area contributed by atoms with Gasteiger partial charge in [-0.3, -0.25) is 0 Å². The lowest BCUT2D eigenvalue weighted by Gasteiger charge is -2.17. The van der Waals surface area contributed by atoms with Gasteiger partial charge in [0, 0.05) is 5.69 Å². The van der Waals surface area contributed by atoms with Gasteiger partial charge in [-0.15, -0.1) is 0 Å². The summed E-state index contributed by atoms with van der Waals surface area (Å²) in [6, 6.07) is 9.81. The van der Waals surface area contributed by atoms with Crippen molar-refractivity contribution in [2.24, 2.45) is 0 Å². The molecule has 0 radical (unpaired) electrons. The molecule has 1 atom stereocenters. The number of nitrogens with zero attached hydrogens (tertiary/aromatic N) is 1. The Labute approximate surface area is 133 Å². The van der Waals surface area contributed by atoms with Crippen LogP contribution in [0.2, 0.25) is 0 Å². The second-order valence-corrected chi connectivity index (χ2v) is 4.91. The Morgan fingerprint density at radius 3 is 1.75 bits per heavy atom. The molecule has 2 rings (SSSR count). The van der Waals surface area contributed by atoms with Crippen molar-refractivity contribution in [2.75, 3.05) is 5.32 Å². The van der Waals surface area contributed by atoms with Gasteiger partial charge in [-0.2, -0.15) is 31.6 Å². The number of hydrogen-bond donors (Lipinski definition) is 1. The summed E-state index contributed by atoms with van der Waals surface area (Å²) in [5.74, 6) is 0. The number of hydrogen-bond acceptors (Lipinski definition) is 2. The van der Waals surface area contributed by atoms with Crippen molar-refractivity contribution in [1.82, 2.24) is 0 Å². The second-order valence-electron chi connectivity index (χ2n) is 4.91. The number of halogens is 6. The minimum Gasteiger partial charge on any atom is -0.366 e. The van der Waals surface area contributed by atoms with E-state index in [1.165, 1.54) is 0 Å². The lowest BCUT2D eigenvalue weighted by Crippen LogP contribution is -2.14. The summed E-state index contributed by atoms with van der Waals surface area (Å²) in [6.07, 6.45) is -9.88. The van der Waals surface area contributed by atoms with Crippen LogP contribution in [0.15, 0.2) is 48.5 Å². The van der Waals surface area contributed by atoms with Gasteiger partial charge >= 0.3 is 12.4 Å². The van der Waals surface area contributed by atoms with Crippen LogP contribution in [-0.4, -0.2) is 0 Å². The van der Waals surface area contributed by atoms with Gasteiger partial charge < -0.3 is 5.32 Å². The van der Waals surface area contributed by atoms with E-state index in [-0.39, 0.29) is 6.07 Å². The Kier molecular flexibility index (Phi) is 4.73. The lowest BCUT2D eigenvalue weighted by atomic mass is 10.1. The normalized spacial score (nSPS) is 13.2. The van der Waals surface area contributed by atoms with Gasteiger partial charge in [0.05, 0.1) is 17.2 Å². The van der Waals surface area contributed by atoms with Crippen molar-refractivity contribution in [2.45, 2.75) is 18.4 Å². The van der Waals surface area contributed by atoms with Crippen molar-refractivity contribution >= 4 is 5.69 Å². The Hall–Kier alpha value is -2.69. The number of alkyl halides is 6. The molecule has 126 valence electrons. The largest absolute Gasteiger partial charge is 0.416 e. The van der Waals surface area contributed by atoms with Crippen LogP contribution >= 0.6 is 0 Å². The van der Waals surface area contributed by atoms with Crippen molar-refractivity contribution in [1.29, 1.82) is 5.26 Å². The van der Waals surface area contributed by atoms with E-state index in [1.54, 1.807) is 30.3 Å². The summed E-state index contributed by atoms with van der Waals surface area (Å²) in [4.78, 5) is 0. The number of nitrogens with one attached hydrogen (secondary N) is 1. The van der Waals surface area contributed by atoms with E-state index >= 15 is 0 Å². The van der Waals surface area contributed by atoms with Crippen molar-refractivity contribution in [3.05, 3.63) is 65.2 Å². The average Bonchev–Trinajstić information content (AvgIpc) is 2.51. The van der Waals surface area contributed by atoms with Gasteiger partial charge in [0.15, 0.2) is 0 Å². The SMILES string of the molecule is N#C[C@H](Nc1cc(C(F)(F)F)cc(C(F)(F)F)c1)c1ccccc1. The highest BCUT2D eigenvalue weighted by molar-refractivity contribution is 5.53. The monoisotopic (exact) mass is 344 g/mol. The van der Waals surface area contributed by atoms with E-state index in [2.05, 4.69) is 5.32 Å². The molecule has 0 amide bonds. The van der Waals surface area contributed by atoms with E-state index in [1.807, 2.05) is 6.07 Å². The minimum atomic E-state index is -4.94. The number of rotatable bonds is 3. The van der Waals surface area contributed by atoms with E-state index in [0.29, 0.717) is 17.7 Å². The van der Waals surface area contributed by atoms with Crippen LogP contribution < -0.4 is 5.32 Å². The summed E-state index contributed by atoms with van der Waals surface area (Å²) in [7, 11) is 0. The predicted molar refractivity (Wildman–Crippen MR) is 74.9 cm³/mol. The Morgan fingerprint density at radius 1 is 0.833 bits per heavy atom. The zero-order valence-corrected chi connectivity index (χ0v) is 11.9. The summed E-state index contributed by atoms with van der Waals surface area (Å²) >= 11 is 0. The van der Waals surface area contributed by atoms with E-state index in [0.717, 1.165) is 0 Å². The highest BCUT2D eigenvalue weighted by Crippen LogP contribution is 2.38. The molecule has 0 aliphatic heterocycles. The fraction of sp³-hybridized carbons (Fsp3) is 0.188. The Bertz CT molecular complexity index is 712. The highest BCUT2D eigenvalue weighted by Gasteiger charge is 2.37. The lowest BCUT2D eigenvalue weighted by molar-refractivity contribution is -0.143. The average molecular weight is 344 g/mol. The summed E-state index contributed by atoms with van der Waals surface area (Å²) in [5.41, 5.74) is -2.90. The molecule has 0 saturated heterocycles. The molecule has 0 aliphatic rings. The molecule has 0 spiro atoms. The first kappa shape index (κ1) is 17.7. The quantitative estimate of drug-likeness (QED) is 0.757.